The van der Waals surface area contributed by atoms with Gasteiger partial charge in [0.2, 0.25) is 0 Å². The molecule has 0 heterocycles. The average molecular weight is 315 g/mol. The fraction of sp³-hybridized carbons (Fsp3) is 0.368. The van der Waals surface area contributed by atoms with Crippen molar-refractivity contribution >= 4 is 0 Å². The summed E-state index contributed by atoms with van der Waals surface area (Å²) in [5.41, 5.74) is 3.45. The van der Waals surface area contributed by atoms with Crippen molar-refractivity contribution in [2.24, 2.45) is 0 Å². The summed E-state index contributed by atoms with van der Waals surface area (Å²) in [5, 5.41) is 12.0. The second kappa shape index (κ2) is 9.18. The van der Waals surface area contributed by atoms with Crippen LogP contribution in [0.2, 0.25) is 0 Å². The monoisotopic (exact) mass is 315 g/mol. The molecule has 0 bridgehead atoms. The molecular formula is C19H25NO3. The van der Waals surface area contributed by atoms with E-state index in [1.54, 1.807) is 0 Å². The highest BCUT2D eigenvalue weighted by molar-refractivity contribution is 5.36. The van der Waals surface area contributed by atoms with Gasteiger partial charge in [-0.2, -0.15) is 0 Å². The van der Waals surface area contributed by atoms with Crippen LogP contribution in [0.5, 0.6) is 11.5 Å². The molecule has 0 amide bonds. The molecular weight excluding hydrogens is 290 g/mol. The van der Waals surface area contributed by atoms with Crippen LogP contribution in [0.3, 0.4) is 0 Å². The molecule has 4 nitrogen and oxygen atoms in total. The third-order valence-electron chi connectivity index (χ3n) is 3.51. The zero-order valence-corrected chi connectivity index (χ0v) is 13.8. The van der Waals surface area contributed by atoms with E-state index in [0.29, 0.717) is 26.3 Å². The highest BCUT2D eigenvalue weighted by atomic mass is 16.5. The predicted octanol–water partition coefficient (Wildman–Crippen LogP) is 2.84. The molecule has 0 saturated carbocycles. The van der Waals surface area contributed by atoms with Crippen LogP contribution in [-0.4, -0.2) is 31.5 Å². The lowest BCUT2D eigenvalue weighted by Gasteiger charge is -2.13. The summed E-state index contributed by atoms with van der Waals surface area (Å²) in [6.45, 7) is 6.49. The van der Waals surface area contributed by atoms with Crippen molar-refractivity contribution in [3.05, 3.63) is 59.2 Å². The second-order valence-electron chi connectivity index (χ2n) is 5.47. The van der Waals surface area contributed by atoms with Crippen LogP contribution in [0, 0.1) is 13.8 Å². The highest BCUT2D eigenvalue weighted by Crippen LogP contribution is 2.20. The number of aryl methyl sites for hydroxylation is 2. The zero-order chi connectivity index (χ0) is 16.5. The molecule has 0 atom stereocenters. The molecule has 0 aliphatic carbocycles. The Morgan fingerprint density at radius 2 is 1.70 bits per heavy atom. The Kier molecular flexibility index (Phi) is 6.91. The third kappa shape index (κ3) is 5.58. The Labute approximate surface area is 138 Å². The van der Waals surface area contributed by atoms with E-state index in [-0.39, 0.29) is 6.61 Å². The van der Waals surface area contributed by atoms with Gasteiger partial charge in [0, 0.05) is 18.7 Å². The second-order valence-corrected chi connectivity index (χ2v) is 5.47. The van der Waals surface area contributed by atoms with Crippen molar-refractivity contribution in [1.82, 2.24) is 5.32 Å². The lowest BCUT2D eigenvalue weighted by molar-refractivity contribution is 0.214. The number of aliphatic hydroxyl groups excluding tert-OH is 1. The van der Waals surface area contributed by atoms with Gasteiger partial charge >= 0.3 is 0 Å². The van der Waals surface area contributed by atoms with Crippen LogP contribution >= 0.6 is 0 Å². The van der Waals surface area contributed by atoms with Gasteiger partial charge in [0.25, 0.3) is 0 Å². The number of rotatable bonds is 9. The minimum atomic E-state index is 0.132. The Hall–Kier alpha value is -2.04. The minimum Gasteiger partial charge on any atom is -0.490 e. The molecule has 0 aliphatic rings. The van der Waals surface area contributed by atoms with Crippen molar-refractivity contribution in [2.45, 2.75) is 20.4 Å². The molecule has 0 aromatic heterocycles. The van der Waals surface area contributed by atoms with Crippen LogP contribution < -0.4 is 14.8 Å². The molecule has 23 heavy (non-hydrogen) atoms. The topological polar surface area (TPSA) is 50.7 Å². The highest BCUT2D eigenvalue weighted by Gasteiger charge is 2.03. The molecule has 0 aliphatic heterocycles. The molecule has 124 valence electrons. The molecule has 2 aromatic rings. The van der Waals surface area contributed by atoms with Gasteiger partial charge in [-0.15, -0.1) is 0 Å². The summed E-state index contributed by atoms with van der Waals surface area (Å²) in [6, 6.07) is 14.1. The molecule has 0 spiro atoms. The van der Waals surface area contributed by atoms with Gasteiger partial charge in [-0.25, -0.2) is 0 Å². The van der Waals surface area contributed by atoms with Crippen LogP contribution in [0.1, 0.15) is 16.7 Å². The fourth-order valence-corrected chi connectivity index (χ4v) is 2.36. The summed E-state index contributed by atoms with van der Waals surface area (Å²) >= 11 is 0. The molecule has 2 aromatic carbocycles. The normalized spacial score (nSPS) is 10.6. The Morgan fingerprint density at radius 1 is 0.957 bits per heavy atom. The summed E-state index contributed by atoms with van der Waals surface area (Å²) < 4.78 is 11.6. The molecule has 2 rings (SSSR count). The maximum atomic E-state index is 8.82. The van der Waals surface area contributed by atoms with E-state index in [1.807, 2.05) is 43.3 Å². The summed E-state index contributed by atoms with van der Waals surface area (Å²) in [5.74, 6) is 1.75. The van der Waals surface area contributed by atoms with Gasteiger partial charge in [0.15, 0.2) is 0 Å². The van der Waals surface area contributed by atoms with E-state index in [2.05, 4.69) is 18.3 Å². The molecule has 0 unspecified atom stereocenters. The molecule has 0 fully saturated rings. The smallest absolute Gasteiger partial charge is 0.123 e. The molecule has 2 N–H and O–H groups in total. The first-order valence-electron chi connectivity index (χ1n) is 7.93. The van der Waals surface area contributed by atoms with Gasteiger partial charge in [0.1, 0.15) is 24.7 Å². The number of hydrogen-bond acceptors (Lipinski definition) is 4. The summed E-state index contributed by atoms with van der Waals surface area (Å²) in [4.78, 5) is 0. The van der Waals surface area contributed by atoms with Gasteiger partial charge in [-0.1, -0.05) is 35.9 Å². The van der Waals surface area contributed by atoms with E-state index in [0.717, 1.165) is 22.6 Å². The van der Waals surface area contributed by atoms with E-state index in [1.165, 1.54) is 5.56 Å². The SMILES string of the molecule is Cc1ccc(OCCOc2ccccc2CNCCO)c(C)c1. The molecule has 0 saturated heterocycles. The van der Waals surface area contributed by atoms with Crippen molar-refractivity contribution in [3.63, 3.8) is 0 Å². The first-order chi connectivity index (χ1) is 11.2. The van der Waals surface area contributed by atoms with Gasteiger partial charge in [-0.3, -0.25) is 0 Å². The average Bonchev–Trinajstić information content (AvgIpc) is 2.54. The number of aliphatic hydroxyl groups is 1. The van der Waals surface area contributed by atoms with Crippen molar-refractivity contribution in [1.29, 1.82) is 0 Å². The Bertz CT molecular complexity index is 613. The van der Waals surface area contributed by atoms with Crippen LogP contribution in [-0.2, 0) is 6.54 Å². The number of para-hydroxylation sites is 1. The Morgan fingerprint density at radius 3 is 2.43 bits per heavy atom. The van der Waals surface area contributed by atoms with Crippen molar-refractivity contribution < 1.29 is 14.6 Å². The lowest BCUT2D eigenvalue weighted by atomic mass is 10.1. The van der Waals surface area contributed by atoms with Crippen molar-refractivity contribution in [3.8, 4) is 11.5 Å². The van der Waals surface area contributed by atoms with E-state index >= 15 is 0 Å². The van der Waals surface area contributed by atoms with E-state index in [9.17, 15) is 0 Å². The van der Waals surface area contributed by atoms with Crippen LogP contribution in [0.4, 0.5) is 0 Å². The van der Waals surface area contributed by atoms with Gasteiger partial charge in [0.05, 0.1) is 6.61 Å². The number of ether oxygens (including phenoxy) is 2. The number of nitrogens with one attached hydrogen (secondary N) is 1. The fourth-order valence-electron chi connectivity index (χ4n) is 2.36. The number of hydrogen-bond donors (Lipinski definition) is 2. The predicted molar refractivity (Wildman–Crippen MR) is 92.1 cm³/mol. The van der Waals surface area contributed by atoms with Crippen LogP contribution in [0.15, 0.2) is 42.5 Å². The summed E-state index contributed by atoms with van der Waals surface area (Å²) in [6.07, 6.45) is 0. The van der Waals surface area contributed by atoms with Crippen molar-refractivity contribution in [2.75, 3.05) is 26.4 Å². The van der Waals surface area contributed by atoms with E-state index < -0.39 is 0 Å². The van der Waals surface area contributed by atoms with Gasteiger partial charge < -0.3 is 19.9 Å². The standard InChI is InChI=1S/C19H25NO3/c1-15-7-8-18(16(2)13-15)22-11-12-23-19-6-4-3-5-17(19)14-20-9-10-21/h3-8,13,20-21H,9-12,14H2,1-2H3. The summed E-state index contributed by atoms with van der Waals surface area (Å²) in [7, 11) is 0. The molecule has 4 heteroatoms. The maximum absolute atomic E-state index is 8.82. The molecule has 0 radical (unpaired) electrons. The van der Waals surface area contributed by atoms with Crippen LogP contribution in [0.25, 0.3) is 0 Å². The lowest BCUT2D eigenvalue weighted by Crippen LogP contribution is -2.18. The van der Waals surface area contributed by atoms with Gasteiger partial charge in [-0.05, 0) is 31.5 Å². The number of benzene rings is 2. The zero-order valence-electron chi connectivity index (χ0n) is 13.8. The first-order valence-corrected chi connectivity index (χ1v) is 7.93. The van der Waals surface area contributed by atoms with E-state index in [4.69, 9.17) is 14.6 Å². The largest absolute Gasteiger partial charge is 0.490 e. The first kappa shape index (κ1) is 17.3. The quantitative estimate of drug-likeness (QED) is 0.699. The maximum Gasteiger partial charge on any atom is 0.123 e. The minimum absolute atomic E-state index is 0.132. The third-order valence-corrected chi connectivity index (χ3v) is 3.51. The Balaban J connectivity index is 1.82.